The average Bonchev–Trinajstić information content (AvgIpc) is 3.55. The average molecular weight is 541 g/mol. The van der Waals surface area contributed by atoms with Gasteiger partial charge in [-0.3, -0.25) is 14.4 Å². The topological polar surface area (TPSA) is 180 Å². The monoisotopic (exact) mass is 540 g/mol. The number of aromatic nitrogens is 2. The van der Waals surface area contributed by atoms with Crippen molar-refractivity contribution in [1.82, 2.24) is 14.5 Å². The summed E-state index contributed by atoms with van der Waals surface area (Å²) in [7, 11) is -3.87. The van der Waals surface area contributed by atoms with E-state index in [0.29, 0.717) is 16.7 Å². The van der Waals surface area contributed by atoms with Gasteiger partial charge in [0.1, 0.15) is 24.2 Å². The predicted octanol–water partition coefficient (Wildman–Crippen LogP) is 1.09. The lowest BCUT2D eigenvalue weighted by Crippen LogP contribution is -2.51. The molecule has 1 saturated carbocycles. The Kier molecular flexibility index (Phi) is 6.57. The summed E-state index contributed by atoms with van der Waals surface area (Å²) in [5, 5.41) is 8.26. The van der Waals surface area contributed by atoms with Gasteiger partial charge >= 0.3 is 0 Å². The molecule has 3 amide bonds. The SMILES string of the molecule is Cc1cccc(NC(=O)[C@@H]2C3CCC(C3)N2C(=O)Cn2cc(C(N)=O)c3cc(OCS(N)(=O)=O)ccc32)n1. The van der Waals surface area contributed by atoms with E-state index < -0.39 is 27.9 Å². The van der Waals surface area contributed by atoms with Gasteiger partial charge in [-0.25, -0.2) is 18.5 Å². The lowest BCUT2D eigenvalue weighted by Gasteiger charge is -2.34. The Hall–Kier alpha value is -3.97. The summed E-state index contributed by atoms with van der Waals surface area (Å²) in [4.78, 5) is 45.0. The third-order valence-corrected chi connectivity index (χ3v) is 7.54. The van der Waals surface area contributed by atoms with Gasteiger partial charge in [0.05, 0.1) is 5.56 Å². The molecule has 12 nitrogen and oxygen atoms in total. The quantitative estimate of drug-likeness (QED) is 0.382. The highest BCUT2D eigenvalue weighted by atomic mass is 32.2. The Morgan fingerprint density at radius 1 is 1.18 bits per heavy atom. The number of anilines is 1. The molecule has 13 heteroatoms. The lowest BCUT2D eigenvalue weighted by molar-refractivity contribution is -0.141. The van der Waals surface area contributed by atoms with Crippen LogP contribution in [-0.2, 0) is 26.2 Å². The smallest absolute Gasteiger partial charge is 0.250 e. The first-order valence-corrected chi connectivity index (χ1v) is 13.8. The van der Waals surface area contributed by atoms with Gasteiger partial charge in [0.25, 0.3) is 5.91 Å². The largest absolute Gasteiger partial charge is 0.476 e. The van der Waals surface area contributed by atoms with Gasteiger partial charge in [0.2, 0.25) is 27.8 Å². The van der Waals surface area contributed by atoms with Crippen molar-refractivity contribution in [3.8, 4) is 5.75 Å². The number of primary amides is 1. The van der Waals surface area contributed by atoms with E-state index in [9.17, 15) is 22.8 Å². The molecule has 2 aromatic heterocycles. The number of likely N-dealkylation sites (tertiary alicyclic amines) is 1. The van der Waals surface area contributed by atoms with Crippen LogP contribution in [0.1, 0.15) is 35.3 Å². The van der Waals surface area contributed by atoms with Gasteiger partial charge in [0.15, 0.2) is 0 Å². The van der Waals surface area contributed by atoms with Gasteiger partial charge in [-0.1, -0.05) is 6.07 Å². The Balaban J connectivity index is 1.40. The number of sulfonamides is 1. The third-order valence-electron chi connectivity index (χ3n) is 7.09. The van der Waals surface area contributed by atoms with E-state index in [1.165, 1.54) is 18.3 Å². The third kappa shape index (κ3) is 5.07. The van der Waals surface area contributed by atoms with E-state index in [0.717, 1.165) is 25.0 Å². The van der Waals surface area contributed by atoms with Crippen LogP contribution in [0, 0.1) is 12.8 Å². The molecule has 2 unspecified atom stereocenters. The van der Waals surface area contributed by atoms with Crippen molar-refractivity contribution >= 4 is 44.5 Å². The highest BCUT2D eigenvalue weighted by Crippen LogP contribution is 2.43. The van der Waals surface area contributed by atoms with Gasteiger partial charge in [0, 0.05) is 28.8 Å². The molecular weight excluding hydrogens is 512 g/mol. The maximum absolute atomic E-state index is 13.6. The van der Waals surface area contributed by atoms with Crippen LogP contribution in [0.4, 0.5) is 5.82 Å². The summed E-state index contributed by atoms with van der Waals surface area (Å²) in [5.74, 6) is -1.29. The molecule has 3 atom stereocenters. The first-order chi connectivity index (χ1) is 18.0. The van der Waals surface area contributed by atoms with Crippen molar-refractivity contribution in [1.29, 1.82) is 0 Å². The number of piperidine rings is 1. The minimum absolute atomic E-state index is 0.0376. The number of aryl methyl sites for hydroxylation is 1. The summed E-state index contributed by atoms with van der Waals surface area (Å²) in [5.41, 5.74) is 7.02. The number of nitrogens with two attached hydrogens (primary N) is 2. The molecule has 0 spiro atoms. The summed E-state index contributed by atoms with van der Waals surface area (Å²) in [6, 6.07) is 9.30. The van der Waals surface area contributed by atoms with Crippen LogP contribution in [0.15, 0.2) is 42.6 Å². The number of amides is 3. The molecule has 2 aliphatic rings. The molecule has 3 aromatic rings. The molecule has 0 radical (unpaired) electrons. The summed E-state index contributed by atoms with van der Waals surface area (Å²) in [6.07, 6.45) is 3.93. The molecule has 3 heterocycles. The zero-order valence-electron chi connectivity index (χ0n) is 20.7. The molecule has 1 saturated heterocycles. The van der Waals surface area contributed by atoms with Gasteiger partial charge in [-0.05, 0) is 62.4 Å². The first-order valence-electron chi connectivity index (χ1n) is 12.1. The fraction of sp³-hybridized carbons (Fsp3) is 0.360. The molecular formula is C25H28N6O6S. The summed E-state index contributed by atoms with van der Waals surface area (Å²) >= 11 is 0. The highest BCUT2D eigenvalue weighted by molar-refractivity contribution is 7.88. The van der Waals surface area contributed by atoms with Crippen LogP contribution < -0.4 is 20.9 Å². The van der Waals surface area contributed by atoms with Crippen LogP contribution in [0.3, 0.4) is 0 Å². The number of benzene rings is 1. The maximum atomic E-state index is 13.6. The molecule has 1 aliphatic heterocycles. The number of nitrogens with one attached hydrogen (secondary N) is 1. The molecule has 200 valence electrons. The number of carbonyl (C=O) groups excluding carboxylic acids is 3. The van der Waals surface area contributed by atoms with Crippen LogP contribution >= 0.6 is 0 Å². The van der Waals surface area contributed by atoms with Crippen LogP contribution in [0.2, 0.25) is 0 Å². The molecule has 1 aromatic carbocycles. The maximum Gasteiger partial charge on any atom is 0.250 e. The molecule has 2 bridgehead atoms. The van der Waals surface area contributed by atoms with E-state index in [1.807, 2.05) is 13.0 Å². The number of ether oxygens (including phenoxy) is 1. The van der Waals surface area contributed by atoms with E-state index >= 15 is 0 Å². The Bertz CT molecular complexity index is 1550. The van der Waals surface area contributed by atoms with Crippen molar-refractivity contribution in [3.63, 3.8) is 0 Å². The number of hydrogen-bond acceptors (Lipinski definition) is 7. The minimum atomic E-state index is -3.87. The normalized spacial score (nSPS) is 20.6. The standard InChI is InChI=1S/C25H28N6O6S/c1-14-3-2-4-21(28-14)29-25(34)23-15-5-6-16(9-15)31(23)22(32)12-30-11-19(24(26)33)18-10-17(7-8-20(18)30)37-13-38(27,35)36/h2-4,7-8,10-11,15-16,23H,5-6,9,12-13H2,1H3,(H2,26,33)(H2,27,35,36)(H,28,29,34)/t15?,16?,23-/m0/s1. The second-order valence-electron chi connectivity index (χ2n) is 9.77. The molecule has 1 aliphatic carbocycles. The van der Waals surface area contributed by atoms with Gasteiger partial charge in [-0.2, -0.15) is 0 Å². The Morgan fingerprint density at radius 3 is 2.68 bits per heavy atom. The van der Waals surface area contributed by atoms with E-state index in [-0.39, 0.29) is 41.6 Å². The molecule has 2 fully saturated rings. The number of nitrogens with zero attached hydrogens (tertiary/aromatic N) is 3. The number of pyridine rings is 1. The number of primary sulfonamides is 1. The van der Waals surface area contributed by atoms with Gasteiger partial charge in [-0.15, -0.1) is 0 Å². The molecule has 38 heavy (non-hydrogen) atoms. The first kappa shape index (κ1) is 25.7. The second-order valence-corrected chi connectivity index (χ2v) is 11.3. The van der Waals surface area contributed by atoms with Crippen LogP contribution in [0.25, 0.3) is 10.9 Å². The predicted molar refractivity (Wildman–Crippen MR) is 138 cm³/mol. The van der Waals surface area contributed by atoms with Gasteiger partial charge < -0.3 is 25.3 Å². The van der Waals surface area contributed by atoms with E-state index in [1.54, 1.807) is 27.7 Å². The number of hydrogen-bond donors (Lipinski definition) is 3. The van der Waals surface area contributed by atoms with Crippen LogP contribution in [0.5, 0.6) is 5.75 Å². The number of fused-ring (bicyclic) bond motifs is 3. The van der Waals surface area contributed by atoms with Crippen molar-refractivity contribution in [2.75, 3.05) is 11.3 Å². The fourth-order valence-electron chi connectivity index (χ4n) is 5.57. The molecule has 5 N–H and O–H groups in total. The van der Waals surface area contributed by atoms with Crippen molar-refractivity contribution in [3.05, 3.63) is 53.9 Å². The lowest BCUT2D eigenvalue weighted by atomic mass is 9.97. The second kappa shape index (κ2) is 9.72. The minimum Gasteiger partial charge on any atom is -0.476 e. The van der Waals surface area contributed by atoms with Crippen molar-refractivity contribution in [2.45, 2.75) is 44.8 Å². The van der Waals surface area contributed by atoms with E-state index in [4.69, 9.17) is 15.6 Å². The summed E-state index contributed by atoms with van der Waals surface area (Å²) < 4.78 is 29.3. The Labute approximate surface area is 219 Å². The zero-order valence-corrected chi connectivity index (χ0v) is 21.5. The number of rotatable bonds is 8. The number of carbonyl (C=O) groups is 3. The summed E-state index contributed by atoms with van der Waals surface area (Å²) in [6.45, 7) is 1.72. The van der Waals surface area contributed by atoms with Crippen molar-refractivity contribution in [2.24, 2.45) is 16.8 Å². The highest BCUT2D eigenvalue weighted by Gasteiger charge is 2.51. The van der Waals surface area contributed by atoms with E-state index in [2.05, 4.69) is 10.3 Å². The zero-order chi connectivity index (χ0) is 27.2. The Morgan fingerprint density at radius 2 is 1.97 bits per heavy atom. The fourth-order valence-corrected chi connectivity index (χ4v) is 5.87. The van der Waals surface area contributed by atoms with Crippen molar-refractivity contribution < 1.29 is 27.5 Å². The van der Waals surface area contributed by atoms with Crippen LogP contribution in [-0.4, -0.2) is 58.6 Å². The molecule has 5 rings (SSSR count).